The standard InChI is InChI=1S/C13H15ClN2O2S/c1-13(10-15)6-8-16(9-7-13)19(17,18)12-5-3-2-4-11(12)14/h2-5H,6-9H2,1H3. The van der Waals surface area contributed by atoms with Crippen molar-refractivity contribution < 1.29 is 8.42 Å². The van der Waals surface area contributed by atoms with Gasteiger partial charge in [-0.2, -0.15) is 9.57 Å². The Labute approximate surface area is 118 Å². The molecule has 1 aromatic carbocycles. The molecule has 0 N–H and O–H groups in total. The van der Waals surface area contributed by atoms with Gasteiger partial charge in [0.05, 0.1) is 16.5 Å². The molecule has 4 nitrogen and oxygen atoms in total. The quantitative estimate of drug-likeness (QED) is 0.843. The molecular formula is C13H15ClN2O2S. The molecule has 1 saturated heterocycles. The Hall–Kier alpha value is -1.09. The molecule has 0 radical (unpaired) electrons. The number of halogens is 1. The average Bonchev–Trinajstić information content (AvgIpc) is 2.39. The van der Waals surface area contributed by atoms with E-state index in [0.29, 0.717) is 25.9 Å². The van der Waals surface area contributed by atoms with Gasteiger partial charge in [-0.1, -0.05) is 23.7 Å². The molecular weight excluding hydrogens is 284 g/mol. The number of hydrogen-bond acceptors (Lipinski definition) is 3. The third-order valence-electron chi connectivity index (χ3n) is 3.55. The lowest BCUT2D eigenvalue weighted by Crippen LogP contribution is -2.41. The van der Waals surface area contributed by atoms with Crippen molar-refractivity contribution in [3.63, 3.8) is 0 Å². The predicted octanol–water partition coefficient (Wildman–Crippen LogP) is 2.65. The van der Waals surface area contributed by atoms with Crippen molar-refractivity contribution in [2.75, 3.05) is 13.1 Å². The normalized spacial score (nSPS) is 19.8. The highest BCUT2D eigenvalue weighted by Gasteiger charge is 2.36. The van der Waals surface area contributed by atoms with E-state index in [1.807, 2.05) is 6.92 Å². The summed E-state index contributed by atoms with van der Waals surface area (Å²) in [5.41, 5.74) is -0.424. The highest BCUT2D eigenvalue weighted by molar-refractivity contribution is 7.89. The zero-order valence-electron chi connectivity index (χ0n) is 10.6. The van der Waals surface area contributed by atoms with Gasteiger partial charge in [0.15, 0.2) is 0 Å². The second-order valence-corrected chi connectivity index (χ2v) is 7.32. The Kier molecular flexibility index (Phi) is 3.86. The largest absolute Gasteiger partial charge is 0.244 e. The monoisotopic (exact) mass is 298 g/mol. The van der Waals surface area contributed by atoms with Gasteiger partial charge in [-0.25, -0.2) is 8.42 Å². The highest BCUT2D eigenvalue weighted by Crippen LogP contribution is 2.33. The molecule has 2 rings (SSSR count). The Morgan fingerprint density at radius 3 is 2.42 bits per heavy atom. The molecule has 1 aromatic rings. The lowest BCUT2D eigenvalue weighted by Gasteiger charge is -2.34. The number of benzene rings is 1. The zero-order valence-corrected chi connectivity index (χ0v) is 12.2. The van der Waals surface area contributed by atoms with Crippen LogP contribution in [0.1, 0.15) is 19.8 Å². The molecule has 0 spiro atoms. The van der Waals surface area contributed by atoms with E-state index >= 15 is 0 Å². The first-order chi connectivity index (χ1) is 8.89. The van der Waals surface area contributed by atoms with Gasteiger partial charge in [0.25, 0.3) is 0 Å². The van der Waals surface area contributed by atoms with Crippen LogP contribution in [0, 0.1) is 16.7 Å². The minimum absolute atomic E-state index is 0.136. The van der Waals surface area contributed by atoms with Crippen LogP contribution in [0.4, 0.5) is 0 Å². The van der Waals surface area contributed by atoms with Crippen molar-refractivity contribution in [1.29, 1.82) is 5.26 Å². The van der Waals surface area contributed by atoms with E-state index in [-0.39, 0.29) is 9.92 Å². The first kappa shape index (κ1) is 14.3. The molecule has 19 heavy (non-hydrogen) atoms. The summed E-state index contributed by atoms with van der Waals surface area (Å²) in [7, 11) is -3.56. The van der Waals surface area contributed by atoms with Crippen molar-refractivity contribution >= 4 is 21.6 Å². The van der Waals surface area contributed by atoms with E-state index in [2.05, 4.69) is 6.07 Å². The third kappa shape index (κ3) is 2.76. The van der Waals surface area contributed by atoms with Gasteiger partial charge in [-0.15, -0.1) is 0 Å². The maximum Gasteiger partial charge on any atom is 0.244 e. The molecule has 1 aliphatic rings. The van der Waals surface area contributed by atoms with Gasteiger partial charge >= 0.3 is 0 Å². The van der Waals surface area contributed by atoms with Crippen LogP contribution in [0.15, 0.2) is 29.2 Å². The van der Waals surface area contributed by atoms with Gasteiger partial charge < -0.3 is 0 Å². The van der Waals surface area contributed by atoms with Crippen molar-refractivity contribution in [3.8, 4) is 6.07 Å². The summed E-state index contributed by atoms with van der Waals surface area (Å²) in [5, 5.41) is 9.29. The summed E-state index contributed by atoms with van der Waals surface area (Å²) >= 11 is 5.95. The molecule has 1 aliphatic heterocycles. The lowest BCUT2D eigenvalue weighted by molar-refractivity contribution is 0.232. The third-order valence-corrected chi connectivity index (χ3v) is 5.95. The van der Waals surface area contributed by atoms with E-state index in [1.54, 1.807) is 18.2 Å². The summed E-state index contributed by atoms with van der Waals surface area (Å²) in [6.45, 7) is 2.59. The SMILES string of the molecule is CC1(C#N)CCN(S(=O)(=O)c2ccccc2Cl)CC1. The van der Waals surface area contributed by atoms with Crippen molar-refractivity contribution in [2.24, 2.45) is 5.41 Å². The molecule has 0 bridgehead atoms. The summed E-state index contributed by atoms with van der Waals surface area (Å²) in [6.07, 6.45) is 1.10. The van der Waals surface area contributed by atoms with E-state index in [9.17, 15) is 8.42 Å². The van der Waals surface area contributed by atoms with Crippen molar-refractivity contribution in [2.45, 2.75) is 24.7 Å². The summed E-state index contributed by atoms with van der Waals surface area (Å²) in [6, 6.07) is 8.69. The van der Waals surface area contributed by atoms with E-state index in [4.69, 9.17) is 16.9 Å². The summed E-state index contributed by atoms with van der Waals surface area (Å²) in [4.78, 5) is 0.136. The summed E-state index contributed by atoms with van der Waals surface area (Å²) < 4.78 is 26.3. The molecule has 0 unspecified atom stereocenters. The fraction of sp³-hybridized carbons (Fsp3) is 0.462. The van der Waals surface area contributed by atoms with Crippen LogP contribution in [0.5, 0.6) is 0 Å². The van der Waals surface area contributed by atoms with Gasteiger partial charge in [0.2, 0.25) is 10.0 Å². The Morgan fingerprint density at radius 2 is 1.89 bits per heavy atom. The van der Waals surface area contributed by atoms with Crippen LogP contribution in [-0.4, -0.2) is 25.8 Å². The van der Waals surface area contributed by atoms with E-state index in [0.717, 1.165) is 0 Å². The fourth-order valence-corrected chi connectivity index (χ4v) is 4.06. The van der Waals surface area contributed by atoms with Gasteiger partial charge in [-0.05, 0) is 31.9 Å². The Morgan fingerprint density at radius 1 is 1.32 bits per heavy atom. The van der Waals surface area contributed by atoms with Crippen molar-refractivity contribution in [3.05, 3.63) is 29.3 Å². The highest BCUT2D eigenvalue weighted by atomic mass is 35.5. The number of piperidine rings is 1. The number of hydrogen-bond donors (Lipinski definition) is 0. The minimum atomic E-state index is -3.56. The predicted molar refractivity (Wildman–Crippen MR) is 73.2 cm³/mol. The van der Waals surface area contributed by atoms with Crippen molar-refractivity contribution in [1.82, 2.24) is 4.31 Å². The zero-order chi connectivity index (χ0) is 14.1. The van der Waals surface area contributed by atoms with Crippen LogP contribution >= 0.6 is 11.6 Å². The van der Waals surface area contributed by atoms with E-state index in [1.165, 1.54) is 10.4 Å². The van der Waals surface area contributed by atoms with Gasteiger partial charge in [0.1, 0.15) is 4.90 Å². The molecule has 0 aliphatic carbocycles. The van der Waals surface area contributed by atoms with Crippen LogP contribution in [-0.2, 0) is 10.0 Å². The number of sulfonamides is 1. The smallest absolute Gasteiger partial charge is 0.207 e. The average molecular weight is 299 g/mol. The molecule has 0 atom stereocenters. The molecule has 1 heterocycles. The van der Waals surface area contributed by atoms with E-state index < -0.39 is 15.4 Å². The second-order valence-electron chi connectivity index (χ2n) is 5.01. The van der Waals surface area contributed by atoms with Gasteiger partial charge in [0, 0.05) is 13.1 Å². The lowest BCUT2D eigenvalue weighted by atomic mass is 9.83. The van der Waals surface area contributed by atoms with Crippen LogP contribution in [0.2, 0.25) is 5.02 Å². The molecule has 0 aromatic heterocycles. The summed E-state index contributed by atoms with van der Waals surface area (Å²) in [5.74, 6) is 0. The maximum atomic E-state index is 12.5. The first-order valence-electron chi connectivity index (χ1n) is 6.05. The van der Waals surface area contributed by atoms with Crippen LogP contribution < -0.4 is 0 Å². The number of rotatable bonds is 2. The minimum Gasteiger partial charge on any atom is -0.207 e. The Bertz CT molecular complexity index is 614. The molecule has 1 fully saturated rings. The topological polar surface area (TPSA) is 61.2 Å². The molecule has 6 heteroatoms. The molecule has 102 valence electrons. The molecule has 0 saturated carbocycles. The maximum absolute atomic E-state index is 12.5. The fourth-order valence-electron chi connectivity index (χ4n) is 2.12. The van der Waals surface area contributed by atoms with Gasteiger partial charge in [-0.3, -0.25) is 0 Å². The molecule has 0 amide bonds. The first-order valence-corrected chi connectivity index (χ1v) is 7.87. The van der Waals surface area contributed by atoms with Crippen LogP contribution in [0.25, 0.3) is 0 Å². The second kappa shape index (κ2) is 5.12. The number of nitrogens with zero attached hydrogens (tertiary/aromatic N) is 2. The number of nitriles is 1. The van der Waals surface area contributed by atoms with Crippen LogP contribution in [0.3, 0.4) is 0 Å². The Balaban J connectivity index is 2.25.